The minimum atomic E-state index is 0.641. The highest BCUT2D eigenvalue weighted by Gasteiger charge is 2.20. The first-order chi connectivity index (χ1) is 9.86. The summed E-state index contributed by atoms with van der Waals surface area (Å²) in [5.74, 6) is 1.76. The highest BCUT2D eigenvalue weighted by Crippen LogP contribution is 2.34. The molecule has 0 aromatic rings. The van der Waals surface area contributed by atoms with Gasteiger partial charge in [-0.3, -0.25) is 0 Å². The molecule has 4 nitrogen and oxygen atoms in total. The first-order valence-electron chi connectivity index (χ1n) is 7.94. The summed E-state index contributed by atoms with van der Waals surface area (Å²) in [6.07, 6.45) is 15.6. The van der Waals surface area contributed by atoms with Crippen LogP contribution in [0.2, 0.25) is 0 Å². The van der Waals surface area contributed by atoms with Crippen LogP contribution < -0.4 is 0 Å². The lowest BCUT2D eigenvalue weighted by atomic mass is 9.78. The number of isocyanates is 2. The van der Waals surface area contributed by atoms with Gasteiger partial charge in [-0.25, -0.2) is 19.6 Å². The number of hydrogen-bond acceptors (Lipinski definition) is 4. The number of aliphatic imine (C=N–C) groups is 2. The van der Waals surface area contributed by atoms with Crippen LogP contribution in [0.5, 0.6) is 0 Å². The normalized spacial score (nSPS) is 21.8. The maximum absolute atomic E-state index is 9.93. The molecule has 0 radical (unpaired) electrons. The van der Waals surface area contributed by atoms with E-state index in [1.165, 1.54) is 51.4 Å². The zero-order chi connectivity index (χ0) is 14.5. The lowest BCUT2D eigenvalue weighted by Gasteiger charge is -2.28. The minimum Gasteiger partial charge on any atom is -0.211 e. The molecule has 0 N–H and O–H groups in total. The Bertz CT molecular complexity index is 302. The third-order valence-corrected chi connectivity index (χ3v) is 4.36. The fourth-order valence-corrected chi connectivity index (χ4v) is 3.15. The Hall–Kier alpha value is -1.24. The fourth-order valence-electron chi connectivity index (χ4n) is 3.15. The molecule has 0 aromatic heterocycles. The predicted octanol–water partition coefficient (Wildman–Crippen LogP) is 3.81. The van der Waals surface area contributed by atoms with Crippen molar-refractivity contribution in [3.8, 4) is 0 Å². The molecule has 112 valence electrons. The molecule has 0 heterocycles. The van der Waals surface area contributed by atoms with Crippen LogP contribution in [0.1, 0.15) is 64.2 Å². The van der Waals surface area contributed by atoms with Gasteiger partial charge < -0.3 is 0 Å². The second kappa shape index (κ2) is 11.6. The zero-order valence-corrected chi connectivity index (χ0v) is 12.4. The average molecular weight is 278 g/mol. The largest absolute Gasteiger partial charge is 0.234 e. The third-order valence-electron chi connectivity index (χ3n) is 4.36. The Balaban J connectivity index is 1.99. The molecular formula is C16H26N2O2. The minimum absolute atomic E-state index is 0.641. The standard InChI is InChI=1S/C16H26N2O2/c19-13-17-11-3-1-5-15-7-9-16(10-8-15)6-2-4-12-18-14-20/h15-16H,1-12H2. The Kier molecular flexibility index (Phi) is 9.73. The topological polar surface area (TPSA) is 58.9 Å². The molecule has 0 unspecified atom stereocenters. The van der Waals surface area contributed by atoms with E-state index in [1.807, 2.05) is 0 Å². The summed E-state index contributed by atoms with van der Waals surface area (Å²) in [5.41, 5.74) is 0. The predicted molar refractivity (Wildman–Crippen MR) is 79.1 cm³/mol. The number of nitrogens with zero attached hydrogens (tertiary/aromatic N) is 2. The van der Waals surface area contributed by atoms with Crippen molar-refractivity contribution in [2.24, 2.45) is 21.8 Å². The maximum atomic E-state index is 9.93. The van der Waals surface area contributed by atoms with E-state index in [1.54, 1.807) is 12.2 Å². The van der Waals surface area contributed by atoms with Gasteiger partial charge in [0.25, 0.3) is 0 Å². The molecule has 1 saturated carbocycles. The van der Waals surface area contributed by atoms with Crippen molar-refractivity contribution in [2.45, 2.75) is 64.2 Å². The van der Waals surface area contributed by atoms with Crippen LogP contribution >= 0.6 is 0 Å². The first kappa shape index (κ1) is 16.8. The van der Waals surface area contributed by atoms with E-state index >= 15 is 0 Å². The molecule has 1 rings (SSSR count). The molecule has 4 heteroatoms. The van der Waals surface area contributed by atoms with Crippen LogP contribution in [0.25, 0.3) is 0 Å². The maximum Gasteiger partial charge on any atom is 0.234 e. The second-order valence-corrected chi connectivity index (χ2v) is 5.82. The molecule has 1 fully saturated rings. The van der Waals surface area contributed by atoms with Gasteiger partial charge in [-0.05, 0) is 24.7 Å². The summed E-state index contributed by atoms with van der Waals surface area (Å²) >= 11 is 0. The molecule has 0 atom stereocenters. The van der Waals surface area contributed by atoms with Crippen LogP contribution in [0.4, 0.5) is 0 Å². The highest BCUT2D eigenvalue weighted by molar-refractivity contribution is 5.32. The summed E-state index contributed by atoms with van der Waals surface area (Å²) in [7, 11) is 0. The molecule has 0 aromatic carbocycles. The summed E-state index contributed by atoms with van der Waals surface area (Å²) in [4.78, 5) is 27.0. The zero-order valence-electron chi connectivity index (χ0n) is 12.4. The van der Waals surface area contributed by atoms with Crippen molar-refractivity contribution in [3.63, 3.8) is 0 Å². The van der Waals surface area contributed by atoms with Gasteiger partial charge in [0.2, 0.25) is 12.2 Å². The molecule has 0 saturated heterocycles. The molecule has 0 bridgehead atoms. The van der Waals surface area contributed by atoms with Crippen molar-refractivity contribution < 1.29 is 9.59 Å². The van der Waals surface area contributed by atoms with E-state index in [-0.39, 0.29) is 0 Å². The molecule has 0 amide bonds. The van der Waals surface area contributed by atoms with E-state index in [4.69, 9.17) is 0 Å². The molecule has 1 aliphatic carbocycles. The third kappa shape index (κ3) is 8.04. The Morgan fingerprint density at radius 2 is 1.10 bits per heavy atom. The van der Waals surface area contributed by atoms with Crippen molar-refractivity contribution in [3.05, 3.63) is 0 Å². The van der Waals surface area contributed by atoms with E-state index in [0.29, 0.717) is 13.1 Å². The van der Waals surface area contributed by atoms with E-state index in [9.17, 15) is 9.59 Å². The molecule has 1 aliphatic rings. The van der Waals surface area contributed by atoms with Crippen LogP contribution in [-0.4, -0.2) is 25.2 Å². The Labute approximate surface area is 121 Å². The molecular weight excluding hydrogens is 252 g/mol. The van der Waals surface area contributed by atoms with Crippen LogP contribution in [0.3, 0.4) is 0 Å². The monoisotopic (exact) mass is 278 g/mol. The SMILES string of the molecule is O=C=NCCCCC1CCC(CCCCN=C=O)CC1. The number of carbonyl (C=O) groups excluding carboxylic acids is 2. The lowest BCUT2D eigenvalue weighted by molar-refractivity contribution is 0.246. The highest BCUT2D eigenvalue weighted by atomic mass is 16.1. The van der Waals surface area contributed by atoms with Gasteiger partial charge in [0.05, 0.1) is 13.1 Å². The Morgan fingerprint density at radius 1 is 0.700 bits per heavy atom. The van der Waals surface area contributed by atoms with Gasteiger partial charge >= 0.3 is 0 Å². The smallest absolute Gasteiger partial charge is 0.211 e. The summed E-state index contributed by atoms with van der Waals surface area (Å²) in [5, 5.41) is 0. The summed E-state index contributed by atoms with van der Waals surface area (Å²) in [6.45, 7) is 1.28. The van der Waals surface area contributed by atoms with Gasteiger partial charge in [-0.15, -0.1) is 0 Å². The number of hydrogen-bond donors (Lipinski definition) is 0. The molecule has 0 aliphatic heterocycles. The molecule has 20 heavy (non-hydrogen) atoms. The van der Waals surface area contributed by atoms with Crippen molar-refractivity contribution in [2.75, 3.05) is 13.1 Å². The summed E-state index contributed by atoms with van der Waals surface area (Å²) < 4.78 is 0. The van der Waals surface area contributed by atoms with Gasteiger partial charge in [0.15, 0.2) is 0 Å². The average Bonchev–Trinajstić information content (AvgIpc) is 2.48. The molecule has 0 spiro atoms. The van der Waals surface area contributed by atoms with Gasteiger partial charge in [-0.2, -0.15) is 0 Å². The van der Waals surface area contributed by atoms with E-state index in [0.717, 1.165) is 24.7 Å². The van der Waals surface area contributed by atoms with Gasteiger partial charge in [0, 0.05) is 0 Å². The van der Waals surface area contributed by atoms with Crippen molar-refractivity contribution in [1.82, 2.24) is 0 Å². The number of rotatable bonds is 10. The summed E-state index contributed by atoms with van der Waals surface area (Å²) in [6, 6.07) is 0. The van der Waals surface area contributed by atoms with Crippen LogP contribution in [0, 0.1) is 11.8 Å². The van der Waals surface area contributed by atoms with E-state index < -0.39 is 0 Å². The van der Waals surface area contributed by atoms with Gasteiger partial charge in [0.1, 0.15) is 0 Å². The second-order valence-electron chi connectivity index (χ2n) is 5.82. The lowest BCUT2D eigenvalue weighted by Crippen LogP contribution is -2.14. The van der Waals surface area contributed by atoms with Gasteiger partial charge in [-0.1, -0.05) is 51.4 Å². The van der Waals surface area contributed by atoms with Crippen LogP contribution in [-0.2, 0) is 9.59 Å². The van der Waals surface area contributed by atoms with E-state index in [2.05, 4.69) is 9.98 Å². The Morgan fingerprint density at radius 3 is 1.45 bits per heavy atom. The fraction of sp³-hybridized carbons (Fsp3) is 0.875. The quantitative estimate of drug-likeness (QED) is 0.346. The van der Waals surface area contributed by atoms with Crippen molar-refractivity contribution >= 4 is 12.2 Å². The van der Waals surface area contributed by atoms with Crippen LogP contribution in [0.15, 0.2) is 9.98 Å². The van der Waals surface area contributed by atoms with Crippen molar-refractivity contribution in [1.29, 1.82) is 0 Å². The number of unbranched alkanes of at least 4 members (excludes halogenated alkanes) is 2. The first-order valence-corrected chi connectivity index (χ1v) is 7.94.